The van der Waals surface area contributed by atoms with Crippen molar-refractivity contribution in [1.29, 1.82) is 0 Å². The molecule has 1 aromatic heterocycles. The van der Waals surface area contributed by atoms with Crippen molar-refractivity contribution in [2.75, 3.05) is 12.4 Å². The maximum atomic E-state index is 12.1. The Balaban J connectivity index is 2.08. The molecule has 0 fully saturated rings. The number of carbonyl (C=O) groups is 2. The van der Waals surface area contributed by atoms with Gasteiger partial charge in [-0.2, -0.15) is 0 Å². The SMILES string of the molecule is CN(Cc1ccoc1)C(=O)Nc1cc(C(=O)O)ccc1Cl. The van der Waals surface area contributed by atoms with E-state index in [0.717, 1.165) is 5.56 Å². The number of nitrogens with zero attached hydrogens (tertiary/aromatic N) is 1. The number of nitrogens with one attached hydrogen (secondary N) is 1. The van der Waals surface area contributed by atoms with E-state index in [2.05, 4.69) is 5.32 Å². The number of carbonyl (C=O) groups excluding carboxylic acids is 1. The Morgan fingerprint density at radius 3 is 2.76 bits per heavy atom. The molecule has 2 amide bonds. The highest BCUT2D eigenvalue weighted by molar-refractivity contribution is 6.33. The van der Waals surface area contributed by atoms with Gasteiger partial charge in [0.15, 0.2) is 0 Å². The van der Waals surface area contributed by atoms with Crippen molar-refractivity contribution < 1.29 is 19.1 Å². The Morgan fingerprint density at radius 1 is 1.38 bits per heavy atom. The minimum absolute atomic E-state index is 0.0483. The fraction of sp³-hybridized carbons (Fsp3) is 0.143. The minimum Gasteiger partial charge on any atom is -0.478 e. The summed E-state index contributed by atoms with van der Waals surface area (Å²) in [7, 11) is 1.61. The number of hydrogen-bond donors (Lipinski definition) is 2. The highest BCUT2D eigenvalue weighted by Crippen LogP contribution is 2.23. The first kappa shape index (κ1) is 14.9. The van der Waals surface area contributed by atoms with Crippen LogP contribution in [0.25, 0.3) is 0 Å². The van der Waals surface area contributed by atoms with Gasteiger partial charge in [-0.25, -0.2) is 9.59 Å². The zero-order valence-electron chi connectivity index (χ0n) is 11.2. The number of amides is 2. The predicted molar refractivity (Wildman–Crippen MR) is 77.6 cm³/mol. The maximum absolute atomic E-state index is 12.1. The van der Waals surface area contributed by atoms with Crippen LogP contribution in [0, 0.1) is 0 Å². The molecule has 1 aromatic carbocycles. The van der Waals surface area contributed by atoms with E-state index in [-0.39, 0.29) is 16.3 Å². The maximum Gasteiger partial charge on any atom is 0.335 e. The van der Waals surface area contributed by atoms with E-state index in [1.165, 1.54) is 29.4 Å². The summed E-state index contributed by atoms with van der Waals surface area (Å²) in [4.78, 5) is 24.4. The van der Waals surface area contributed by atoms with E-state index in [1.807, 2.05) is 0 Å². The van der Waals surface area contributed by atoms with Gasteiger partial charge in [0.05, 0.1) is 35.3 Å². The van der Waals surface area contributed by atoms with Crippen molar-refractivity contribution >= 4 is 29.3 Å². The van der Waals surface area contributed by atoms with Crippen LogP contribution in [0.15, 0.2) is 41.2 Å². The number of anilines is 1. The van der Waals surface area contributed by atoms with Crippen LogP contribution in [0.5, 0.6) is 0 Å². The normalized spacial score (nSPS) is 10.2. The molecular weight excluding hydrogens is 296 g/mol. The molecular formula is C14H13ClN2O4. The number of carboxylic acid groups (broad SMARTS) is 1. The summed E-state index contributed by atoms with van der Waals surface area (Å²) in [5.41, 5.74) is 1.14. The molecule has 2 rings (SSSR count). The van der Waals surface area contributed by atoms with Crippen LogP contribution in [0.4, 0.5) is 10.5 Å². The predicted octanol–water partition coefficient (Wildman–Crippen LogP) is 3.30. The van der Waals surface area contributed by atoms with E-state index >= 15 is 0 Å². The number of hydrogen-bond acceptors (Lipinski definition) is 3. The van der Waals surface area contributed by atoms with Crippen LogP contribution >= 0.6 is 11.6 Å². The van der Waals surface area contributed by atoms with Gasteiger partial charge in [-0.15, -0.1) is 0 Å². The fourth-order valence-electron chi connectivity index (χ4n) is 1.69. The quantitative estimate of drug-likeness (QED) is 0.908. The van der Waals surface area contributed by atoms with Crippen molar-refractivity contribution in [2.24, 2.45) is 0 Å². The number of halogens is 1. The molecule has 0 aliphatic carbocycles. The molecule has 0 saturated heterocycles. The average molecular weight is 309 g/mol. The van der Waals surface area contributed by atoms with Gasteiger partial charge in [0.2, 0.25) is 0 Å². The van der Waals surface area contributed by atoms with E-state index < -0.39 is 12.0 Å². The second-order valence-electron chi connectivity index (χ2n) is 4.42. The van der Waals surface area contributed by atoms with E-state index in [4.69, 9.17) is 21.1 Å². The second kappa shape index (κ2) is 6.32. The third-order valence-corrected chi connectivity index (χ3v) is 3.13. The van der Waals surface area contributed by atoms with Gasteiger partial charge in [-0.1, -0.05) is 11.6 Å². The fourth-order valence-corrected chi connectivity index (χ4v) is 1.86. The second-order valence-corrected chi connectivity index (χ2v) is 4.82. The first-order valence-corrected chi connectivity index (χ1v) is 6.41. The third-order valence-electron chi connectivity index (χ3n) is 2.80. The van der Waals surface area contributed by atoms with Crippen LogP contribution < -0.4 is 5.32 Å². The molecule has 0 bridgehead atoms. The summed E-state index contributed by atoms with van der Waals surface area (Å²) in [5, 5.41) is 11.8. The molecule has 0 radical (unpaired) electrons. The highest BCUT2D eigenvalue weighted by Gasteiger charge is 2.13. The first-order chi connectivity index (χ1) is 9.97. The van der Waals surface area contributed by atoms with Gasteiger partial charge >= 0.3 is 12.0 Å². The number of aromatic carboxylic acids is 1. The number of benzene rings is 1. The molecule has 2 aromatic rings. The summed E-state index contributed by atoms with van der Waals surface area (Å²) in [6, 6.07) is 5.46. The molecule has 6 nitrogen and oxygen atoms in total. The van der Waals surface area contributed by atoms with Crippen molar-refractivity contribution in [3.05, 3.63) is 52.9 Å². The lowest BCUT2D eigenvalue weighted by Crippen LogP contribution is -2.30. The lowest BCUT2D eigenvalue weighted by molar-refractivity contribution is 0.0697. The molecule has 21 heavy (non-hydrogen) atoms. The summed E-state index contributed by atoms with van der Waals surface area (Å²) < 4.78 is 4.93. The Labute approximate surface area is 125 Å². The molecule has 2 N–H and O–H groups in total. The van der Waals surface area contributed by atoms with E-state index in [9.17, 15) is 9.59 Å². The van der Waals surface area contributed by atoms with Crippen molar-refractivity contribution in [2.45, 2.75) is 6.54 Å². The standard InChI is InChI=1S/C14H13ClN2O4/c1-17(7-9-4-5-21-8-9)14(20)16-12-6-10(13(18)19)2-3-11(12)15/h2-6,8H,7H2,1H3,(H,16,20)(H,18,19). The van der Waals surface area contributed by atoms with Crippen LogP contribution in [-0.4, -0.2) is 29.1 Å². The van der Waals surface area contributed by atoms with Gasteiger partial charge in [0, 0.05) is 12.6 Å². The van der Waals surface area contributed by atoms with Crippen LogP contribution in [-0.2, 0) is 6.54 Å². The Kier molecular flexibility index (Phi) is 4.49. The molecule has 0 atom stereocenters. The topological polar surface area (TPSA) is 82.8 Å². The molecule has 0 aliphatic heterocycles. The van der Waals surface area contributed by atoms with Gasteiger partial charge in [-0.3, -0.25) is 0 Å². The molecule has 0 spiro atoms. The summed E-state index contributed by atoms with van der Waals surface area (Å²) in [6.45, 7) is 0.360. The monoisotopic (exact) mass is 308 g/mol. The summed E-state index contributed by atoms with van der Waals surface area (Å²) in [5.74, 6) is -1.09. The smallest absolute Gasteiger partial charge is 0.335 e. The average Bonchev–Trinajstić information content (AvgIpc) is 2.93. The third kappa shape index (κ3) is 3.76. The van der Waals surface area contributed by atoms with Gasteiger partial charge in [-0.05, 0) is 24.3 Å². The first-order valence-electron chi connectivity index (χ1n) is 6.03. The minimum atomic E-state index is -1.09. The van der Waals surface area contributed by atoms with Crippen molar-refractivity contribution in [3.8, 4) is 0 Å². The van der Waals surface area contributed by atoms with Crippen molar-refractivity contribution in [1.82, 2.24) is 4.90 Å². The number of furan rings is 1. The van der Waals surface area contributed by atoms with Gasteiger partial charge < -0.3 is 19.7 Å². The summed E-state index contributed by atoms with van der Waals surface area (Å²) >= 11 is 5.95. The van der Waals surface area contributed by atoms with Crippen LogP contribution in [0.1, 0.15) is 15.9 Å². The van der Waals surface area contributed by atoms with E-state index in [1.54, 1.807) is 19.4 Å². The molecule has 1 heterocycles. The van der Waals surface area contributed by atoms with Crippen molar-refractivity contribution in [3.63, 3.8) is 0 Å². The van der Waals surface area contributed by atoms with Crippen LogP contribution in [0.3, 0.4) is 0 Å². The molecule has 0 saturated carbocycles. The Bertz CT molecular complexity index is 655. The number of carboxylic acids is 1. The molecule has 0 unspecified atom stereocenters. The largest absolute Gasteiger partial charge is 0.478 e. The lowest BCUT2D eigenvalue weighted by atomic mass is 10.2. The Morgan fingerprint density at radius 2 is 2.14 bits per heavy atom. The zero-order valence-corrected chi connectivity index (χ0v) is 11.9. The van der Waals surface area contributed by atoms with E-state index in [0.29, 0.717) is 6.54 Å². The Hall–Kier alpha value is -2.47. The summed E-state index contributed by atoms with van der Waals surface area (Å²) in [6.07, 6.45) is 3.07. The molecule has 110 valence electrons. The van der Waals surface area contributed by atoms with Gasteiger partial charge in [0.25, 0.3) is 0 Å². The van der Waals surface area contributed by atoms with Crippen LogP contribution in [0.2, 0.25) is 5.02 Å². The lowest BCUT2D eigenvalue weighted by Gasteiger charge is -2.17. The molecule has 7 heteroatoms. The number of rotatable bonds is 4. The zero-order chi connectivity index (χ0) is 15.4. The molecule has 0 aliphatic rings. The number of urea groups is 1. The highest BCUT2D eigenvalue weighted by atomic mass is 35.5. The van der Waals surface area contributed by atoms with Gasteiger partial charge in [0.1, 0.15) is 0 Å².